The summed E-state index contributed by atoms with van der Waals surface area (Å²) in [6.45, 7) is 0. The lowest BCUT2D eigenvalue weighted by Gasteiger charge is -2.17. The zero-order valence-corrected chi connectivity index (χ0v) is 12.4. The summed E-state index contributed by atoms with van der Waals surface area (Å²) in [5.74, 6) is -1.11. The molecule has 1 aliphatic carbocycles. The van der Waals surface area contributed by atoms with Crippen molar-refractivity contribution in [1.29, 1.82) is 0 Å². The Bertz CT molecular complexity index is 492. The Morgan fingerprint density at radius 3 is 2.65 bits per heavy atom. The van der Waals surface area contributed by atoms with Crippen LogP contribution < -0.4 is 5.32 Å². The van der Waals surface area contributed by atoms with Gasteiger partial charge in [-0.3, -0.25) is 9.59 Å². The first-order valence-electron chi connectivity index (χ1n) is 6.47. The molecule has 0 aromatic heterocycles. The largest absolute Gasteiger partial charge is 0.481 e. The summed E-state index contributed by atoms with van der Waals surface area (Å²) in [6, 6.07) is 7.04. The van der Waals surface area contributed by atoms with E-state index in [1.807, 2.05) is 12.1 Å². The number of amides is 1. The molecule has 0 saturated heterocycles. The summed E-state index contributed by atoms with van der Waals surface area (Å²) in [5, 5.41) is 12.5. The molecule has 6 heteroatoms. The molecular formula is C14H16ClNO3S. The predicted octanol–water partition coefficient (Wildman–Crippen LogP) is 2.80. The first-order valence-corrected chi connectivity index (χ1v) is 7.83. The number of aliphatic carboxylic acids is 1. The van der Waals surface area contributed by atoms with E-state index in [1.165, 1.54) is 11.8 Å². The number of hydrogen-bond acceptors (Lipinski definition) is 3. The van der Waals surface area contributed by atoms with Crippen LogP contribution in [-0.2, 0) is 9.59 Å². The van der Waals surface area contributed by atoms with Crippen LogP contribution in [-0.4, -0.2) is 28.8 Å². The lowest BCUT2D eigenvalue weighted by molar-refractivity contribution is -0.142. The maximum Gasteiger partial charge on any atom is 0.308 e. The van der Waals surface area contributed by atoms with Gasteiger partial charge in [0.05, 0.1) is 11.7 Å². The SMILES string of the molecule is O=C(CSc1ccc(Cl)cc1)NC1CCCC1C(=O)O. The average Bonchev–Trinajstić information content (AvgIpc) is 2.86. The lowest BCUT2D eigenvalue weighted by atomic mass is 10.0. The van der Waals surface area contributed by atoms with E-state index in [0.717, 1.165) is 17.7 Å². The Hall–Kier alpha value is -1.20. The minimum atomic E-state index is -0.821. The van der Waals surface area contributed by atoms with E-state index in [2.05, 4.69) is 5.32 Å². The topological polar surface area (TPSA) is 66.4 Å². The van der Waals surface area contributed by atoms with Crippen molar-refractivity contribution in [1.82, 2.24) is 5.32 Å². The van der Waals surface area contributed by atoms with Crippen LogP contribution in [0.2, 0.25) is 5.02 Å². The average molecular weight is 314 g/mol. The zero-order valence-electron chi connectivity index (χ0n) is 10.8. The Morgan fingerprint density at radius 1 is 1.30 bits per heavy atom. The number of nitrogens with one attached hydrogen (secondary N) is 1. The minimum absolute atomic E-state index is 0.122. The van der Waals surface area contributed by atoms with Crippen molar-refractivity contribution >= 4 is 35.2 Å². The molecule has 1 saturated carbocycles. The van der Waals surface area contributed by atoms with E-state index in [4.69, 9.17) is 16.7 Å². The third-order valence-corrected chi connectivity index (χ3v) is 4.63. The van der Waals surface area contributed by atoms with E-state index in [0.29, 0.717) is 11.4 Å². The van der Waals surface area contributed by atoms with Gasteiger partial charge in [0, 0.05) is 16.0 Å². The van der Waals surface area contributed by atoms with Crippen molar-refractivity contribution in [2.24, 2.45) is 5.92 Å². The molecule has 1 aromatic carbocycles. The van der Waals surface area contributed by atoms with E-state index in [-0.39, 0.29) is 17.7 Å². The molecule has 108 valence electrons. The highest BCUT2D eigenvalue weighted by Crippen LogP contribution is 2.26. The molecule has 1 fully saturated rings. The van der Waals surface area contributed by atoms with Crippen LogP contribution in [0.15, 0.2) is 29.2 Å². The second-order valence-electron chi connectivity index (χ2n) is 4.79. The molecule has 0 radical (unpaired) electrons. The van der Waals surface area contributed by atoms with Gasteiger partial charge in [0.25, 0.3) is 0 Å². The molecule has 1 amide bonds. The molecule has 1 aromatic rings. The predicted molar refractivity (Wildman–Crippen MR) is 79.1 cm³/mol. The van der Waals surface area contributed by atoms with Crippen molar-refractivity contribution in [3.8, 4) is 0 Å². The fraction of sp³-hybridized carbons (Fsp3) is 0.429. The Kier molecular flexibility index (Phi) is 5.31. The quantitative estimate of drug-likeness (QED) is 0.820. The van der Waals surface area contributed by atoms with E-state index in [9.17, 15) is 9.59 Å². The molecular weight excluding hydrogens is 298 g/mol. The normalized spacial score (nSPS) is 21.6. The second kappa shape index (κ2) is 6.99. The molecule has 20 heavy (non-hydrogen) atoms. The van der Waals surface area contributed by atoms with Gasteiger partial charge in [-0.2, -0.15) is 0 Å². The number of carbonyl (C=O) groups is 2. The van der Waals surface area contributed by atoms with Crippen molar-refractivity contribution in [2.75, 3.05) is 5.75 Å². The number of thioether (sulfide) groups is 1. The van der Waals surface area contributed by atoms with Crippen molar-refractivity contribution in [3.05, 3.63) is 29.3 Å². The summed E-state index contributed by atoms with van der Waals surface area (Å²) in [4.78, 5) is 23.9. The summed E-state index contributed by atoms with van der Waals surface area (Å²) in [6.07, 6.45) is 2.24. The summed E-state index contributed by atoms with van der Waals surface area (Å²) < 4.78 is 0. The van der Waals surface area contributed by atoms with Crippen molar-refractivity contribution in [3.63, 3.8) is 0 Å². The first kappa shape index (κ1) is 15.2. The third kappa shape index (κ3) is 4.15. The monoisotopic (exact) mass is 313 g/mol. The summed E-state index contributed by atoms with van der Waals surface area (Å²) in [5.41, 5.74) is 0. The van der Waals surface area contributed by atoms with Crippen LogP contribution >= 0.6 is 23.4 Å². The third-order valence-electron chi connectivity index (χ3n) is 3.36. The van der Waals surface area contributed by atoms with Crippen LogP contribution in [0.5, 0.6) is 0 Å². The number of carbonyl (C=O) groups excluding carboxylic acids is 1. The van der Waals surface area contributed by atoms with Gasteiger partial charge in [-0.15, -0.1) is 11.8 Å². The molecule has 4 nitrogen and oxygen atoms in total. The first-order chi connectivity index (χ1) is 9.56. The van der Waals surface area contributed by atoms with Crippen LogP contribution in [0.4, 0.5) is 0 Å². The highest BCUT2D eigenvalue weighted by molar-refractivity contribution is 8.00. The standard InChI is InChI=1S/C14H16ClNO3S/c15-9-4-6-10(7-5-9)20-8-13(17)16-12-3-1-2-11(12)14(18)19/h4-7,11-12H,1-3,8H2,(H,16,17)(H,18,19). The van der Waals surface area contributed by atoms with Crippen molar-refractivity contribution < 1.29 is 14.7 Å². The van der Waals surface area contributed by atoms with Gasteiger partial charge < -0.3 is 10.4 Å². The van der Waals surface area contributed by atoms with Gasteiger partial charge in [0.1, 0.15) is 0 Å². The smallest absolute Gasteiger partial charge is 0.308 e. The lowest BCUT2D eigenvalue weighted by Crippen LogP contribution is -2.40. The molecule has 2 rings (SSSR count). The maximum absolute atomic E-state index is 11.9. The molecule has 0 aliphatic heterocycles. The van der Waals surface area contributed by atoms with Crippen LogP contribution in [0.25, 0.3) is 0 Å². The fourth-order valence-electron chi connectivity index (χ4n) is 2.36. The number of carboxylic acids is 1. The number of hydrogen-bond donors (Lipinski definition) is 2. The van der Waals surface area contributed by atoms with Gasteiger partial charge in [-0.1, -0.05) is 18.0 Å². The van der Waals surface area contributed by atoms with Crippen LogP contribution in [0, 0.1) is 5.92 Å². The molecule has 2 unspecified atom stereocenters. The van der Waals surface area contributed by atoms with Crippen LogP contribution in [0.3, 0.4) is 0 Å². The van der Waals surface area contributed by atoms with Gasteiger partial charge in [-0.25, -0.2) is 0 Å². The van der Waals surface area contributed by atoms with E-state index in [1.54, 1.807) is 12.1 Å². The zero-order chi connectivity index (χ0) is 14.5. The molecule has 2 atom stereocenters. The summed E-state index contributed by atoms with van der Waals surface area (Å²) >= 11 is 7.20. The second-order valence-corrected chi connectivity index (χ2v) is 6.28. The maximum atomic E-state index is 11.9. The van der Waals surface area contributed by atoms with Gasteiger partial charge >= 0.3 is 5.97 Å². The minimum Gasteiger partial charge on any atom is -0.481 e. The summed E-state index contributed by atoms with van der Waals surface area (Å²) in [7, 11) is 0. The van der Waals surface area contributed by atoms with E-state index >= 15 is 0 Å². The molecule has 0 heterocycles. The Labute approximate surface area is 126 Å². The number of benzene rings is 1. The van der Waals surface area contributed by atoms with Gasteiger partial charge in [0.2, 0.25) is 5.91 Å². The molecule has 1 aliphatic rings. The number of rotatable bonds is 5. The fourth-order valence-corrected chi connectivity index (χ4v) is 3.19. The van der Waals surface area contributed by atoms with E-state index < -0.39 is 11.9 Å². The number of carboxylic acid groups (broad SMARTS) is 1. The van der Waals surface area contributed by atoms with Crippen LogP contribution in [0.1, 0.15) is 19.3 Å². The molecule has 0 spiro atoms. The highest BCUT2D eigenvalue weighted by atomic mass is 35.5. The molecule has 2 N–H and O–H groups in total. The Balaban J connectivity index is 1.80. The molecule has 0 bridgehead atoms. The highest BCUT2D eigenvalue weighted by Gasteiger charge is 2.33. The Morgan fingerprint density at radius 2 is 2.00 bits per heavy atom. The van der Waals surface area contributed by atoms with Gasteiger partial charge in [0.15, 0.2) is 0 Å². The van der Waals surface area contributed by atoms with Gasteiger partial charge in [-0.05, 0) is 37.1 Å². The number of halogens is 1. The van der Waals surface area contributed by atoms with Crippen molar-refractivity contribution in [2.45, 2.75) is 30.2 Å².